The van der Waals surface area contributed by atoms with Gasteiger partial charge >= 0.3 is 11.9 Å². The number of carboxylic acid groups (broad SMARTS) is 2. The van der Waals surface area contributed by atoms with Crippen LogP contribution < -0.4 is 11.5 Å². The lowest BCUT2D eigenvalue weighted by Crippen LogP contribution is -2.61. The molecular weight excluding hydrogens is 292 g/mol. The van der Waals surface area contributed by atoms with Crippen LogP contribution in [0.2, 0.25) is 0 Å². The van der Waals surface area contributed by atoms with Gasteiger partial charge in [0.05, 0.1) is 19.1 Å². The standard InChI is InChI=1S/C6H13NO5.C4H7NO4/c7-3-5(10)4(9)2(1-8)12-6(3)11;5-2(4(8)9)1-3(6)7/h2-6,8-11H,1,7H2;2H,1,5H2,(H,6,7)(H,8,9)/t2-,3-,4-,5-,6?;/m1./s1. The summed E-state index contributed by atoms with van der Waals surface area (Å²) in [5, 5.41) is 52.1. The van der Waals surface area contributed by atoms with E-state index in [1.807, 2.05) is 0 Å². The van der Waals surface area contributed by atoms with Gasteiger partial charge in [0.25, 0.3) is 0 Å². The molecule has 0 bridgehead atoms. The van der Waals surface area contributed by atoms with E-state index in [0.717, 1.165) is 0 Å². The Morgan fingerprint density at radius 2 is 1.67 bits per heavy atom. The van der Waals surface area contributed by atoms with Crippen LogP contribution in [-0.4, -0.2) is 85.9 Å². The van der Waals surface area contributed by atoms with Gasteiger partial charge in [-0.2, -0.15) is 0 Å². The van der Waals surface area contributed by atoms with Gasteiger partial charge in [0.15, 0.2) is 6.29 Å². The van der Waals surface area contributed by atoms with Crippen molar-refractivity contribution in [3.8, 4) is 0 Å². The van der Waals surface area contributed by atoms with E-state index < -0.39 is 61.7 Å². The second-order valence-electron chi connectivity index (χ2n) is 4.35. The van der Waals surface area contributed by atoms with Gasteiger partial charge in [0.2, 0.25) is 0 Å². The molecule has 0 aromatic carbocycles. The van der Waals surface area contributed by atoms with E-state index in [0.29, 0.717) is 0 Å². The molecule has 1 heterocycles. The quantitative estimate of drug-likeness (QED) is 0.248. The topological polar surface area (TPSA) is 217 Å². The molecule has 0 aliphatic carbocycles. The van der Waals surface area contributed by atoms with Gasteiger partial charge in [-0.1, -0.05) is 0 Å². The van der Waals surface area contributed by atoms with Crippen LogP contribution in [0.15, 0.2) is 0 Å². The summed E-state index contributed by atoms with van der Waals surface area (Å²) in [6.07, 6.45) is -5.38. The van der Waals surface area contributed by atoms with E-state index in [1.54, 1.807) is 0 Å². The largest absolute Gasteiger partial charge is 0.481 e. The third-order valence-corrected chi connectivity index (χ3v) is 2.66. The number of aliphatic hydroxyl groups excluding tert-OH is 4. The molecule has 11 heteroatoms. The minimum Gasteiger partial charge on any atom is -0.481 e. The van der Waals surface area contributed by atoms with Gasteiger partial charge in [-0.25, -0.2) is 0 Å². The Morgan fingerprint density at radius 1 is 1.14 bits per heavy atom. The van der Waals surface area contributed by atoms with Gasteiger partial charge in [0, 0.05) is 0 Å². The van der Waals surface area contributed by atoms with Crippen molar-refractivity contribution in [3.63, 3.8) is 0 Å². The van der Waals surface area contributed by atoms with Gasteiger partial charge in [-0.3, -0.25) is 9.59 Å². The molecular formula is C10H20N2O9. The fourth-order valence-electron chi connectivity index (χ4n) is 1.39. The second-order valence-corrected chi connectivity index (χ2v) is 4.35. The van der Waals surface area contributed by atoms with Crippen LogP contribution in [0, 0.1) is 0 Å². The second kappa shape index (κ2) is 8.84. The first-order valence-electron chi connectivity index (χ1n) is 5.88. The highest BCUT2D eigenvalue weighted by Gasteiger charge is 2.41. The molecule has 10 N–H and O–H groups in total. The molecule has 0 radical (unpaired) electrons. The molecule has 11 nitrogen and oxygen atoms in total. The van der Waals surface area contributed by atoms with Crippen molar-refractivity contribution < 1.29 is 45.0 Å². The predicted molar refractivity (Wildman–Crippen MR) is 65.8 cm³/mol. The van der Waals surface area contributed by atoms with Crippen molar-refractivity contribution in [2.75, 3.05) is 6.61 Å². The average Bonchev–Trinajstić information content (AvgIpc) is 2.40. The lowest BCUT2D eigenvalue weighted by atomic mass is 9.98. The zero-order valence-electron chi connectivity index (χ0n) is 10.9. The molecule has 1 fully saturated rings. The molecule has 1 aliphatic heterocycles. The molecule has 0 saturated carbocycles. The first kappa shape index (κ1) is 19.7. The number of aliphatic carboxylic acids is 2. The van der Waals surface area contributed by atoms with Crippen LogP contribution >= 0.6 is 0 Å². The fraction of sp³-hybridized carbons (Fsp3) is 0.800. The lowest BCUT2D eigenvalue weighted by molar-refractivity contribution is -0.248. The number of hydrogen-bond donors (Lipinski definition) is 8. The molecule has 1 aliphatic rings. The summed E-state index contributed by atoms with van der Waals surface area (Å²) in [4.78, 5) is 19.6. The molecule has 2 unspecified atom stereocenters. The van der Waals surface area contributed by atoms with Gasteiger partial charge in [-0.15, -0.1) is 0 Å². The van der Waals surface area contributed by atoms with E-state index >= 15 is 0 Å². The normalized spacial score (nSPS) is 33.5. The number of carbonyl (C=O) groups is 2. The first-order chi connectivity index (χ1) is 9.61. The molecule has 6 atom stereocenters. The van der Waals surface area contributed by atoms with Gasteiger partial charge < -0.3 is 46.8 Å². The Morgan fingerprint density at radius 3 is 2.00 bits per heavy atom. The Bertz CT molecular complexity index is 349. The summed E-state index contributed by atoms with van der Waals surface area (Å²) in [5.41, 5.74) is 10.1. The van der Waals surface area contributed by atoms with E-state index in [-0.39, 0.29) is 0 Å². The van der Waals surface area contributed by atoms with Crippen LogP contribution in [-0.2, 0) is 14.3 Å². The molecule has 0 aromatic rings. The van der Waals surface area contributed by atoms with E-state index in [9.17, 15) is 19.8 Å². The molecule has 0 spiro atoms. The van der Waals surface area contributed by atoms with Gasteiger partial charge in [-0.05, 0) is 0 Å². The minimum absolute atomic E-state index is 0.470. The number of rotatable bonds is 4. The third kappa shape index (κ3) is 6.31. The molecule has 1 rings (SSSR count). The number of nitrogens with two attached hydrogens (primary N) is 2. The minimum atomic E-state index is -1.35. The fourth-order valence-corrected chi connectivity index (χ4v) is 1.39. The maximum absolute atomic E-state index is 9.85. The summed E-state index contributed by atoms with van der Waals surface area (Å²) in [7, 11) is 0. The highest BCUT2D eigenvalue weighted by Crippen LogP contribution is 2.17. The third-order valence-electron chi connectivity index (χ3n) is 2.66. The molecule has 1 saturated heterocycles. The van der Waals surface area contributed by atoms with Crippen molar-refractivity contribution in [2.24, 2.45) is 11.5 Å². The summed E-state index contributed by atoms with van der Waals surface area (Å²) in [6.45, 7) is -0.470. The zero-order valence-corrected chi connectivity index (χ0v) is 10.9. The van der Waals surface area contributed by atoms with Crippen molar-refractivity contribution in [3.05, 3.63) is 0 Å². The highest BCUT2D eigenvalue weighted by molar-refractivity contribution is 5.80. The summed E-state index contributed by atoms with van der Waals surface area (Å²) in [5.74, 6) is -2.50. The van der Waals surface area contributed by atoms with Crippen LogP contribution in [0.1, 0.15) is 6.42 Å². The summed E-state index contributed by atoms with van der Waals surface area (Å²) < 4.78 is 4.70. The zero-order chi connectivity index (χ0) is 16.7. The smallest absolute Gasteiger partial charge is 0.321 e. The number of hydrogen-bond acceptors (Lipinski definition) is 9. The number of ether oxygens (including phenoxy) is 1. The highest BCUT2D eigenvalue weighted by atomic mass is 16.6. The van der Waals surface area contributed by atoms with Crippen LogP contribution in [0.4, 0.5) is 0 Å². The van der Waals surface area contributed by atoms with E-state index in [1.165, 1.54) is 0 Å². The average molecular weight is 312 g/mol. The van der Waals surface area contributed by atoms with Crippen molar-refractivity contribution in [1.29, 1.82) is 0 Å². The van der Waals surface area contributed by atoms with Crippen LogP contribution in [0.5, 0.6) is 0 Å². The summed E-state index contributed by atoms with van der Waals surface area (Å²) in [6, 6.07) is -2.33. The van der Waals surface area contributed by atoms with Crippen molar-refractivity contribution in [1.82, 2.24) is 0 Å². The van der Waals surface area contributed by atoms with Crippen LogP contribution in [0.3, 0.4) is 0 Å². The predicted octanol–water partition coefficient (Wildman–Crippen LogP) is -4.38. The molecule has 124 valence electrons. The molecule has 0 aromatic heterocycles. The Labute approximate surface area is 119 Å². The first-order valence-corrected chi connectivity index (χ1v) is 5.88. The van der Waals surface area contributed by atoms with Gasteiger partial charge in [0.1, 0.15) is 24.4 Å². The Balaban J connectivity index is 0.000000400. The van der Waals surface area contributed by atoms with E-state index in [4.69, 9.17) is 36.6 Å². The SMILES string of the molecule is NC(CC(=O)O)C(=O)O.N[C@H]1C(O)O[C@H](CO)[C@@H](O)[C@@H]1O. The number of aliphatic hydroxyl groups is 4. The summed E-state index contributed by atoms with van der Waals surface area (Å²) >= 11 is 0. The molecule has 0 amide bonds. The van der Waals surface area contributed by atoms with Crippen LogP contribution in [0.25, 0.3) is 0 Å². The number of carboxylic acids is 2. The van der Waals surface area contributed by atoms with Crippen molar-refractivity contribution >= 4 is 11.9 Å². The Hall–Kier alpha value is -1.34. The Kier molecular flexibility index (Phi) is 8.27. The maximum atomic E-state index is 9.85. The van der Waals surface area contributed by atoms with E-state index in [2.05, 4.69) is 0 Å². The monoisotopic (exact) mass is 312 g/mol. The maximum Gasteiger partial charge on any atom is 0.321 e. The lowest BCUT2D eigenvalue weighted by Gasteiger charge is -2.38. The van der Waals surface area contributed by atoms with Crippen molar-refractivity contribution in [2.45, 2.75) is 43.1 Å². The molecule has 21 heavy (non-hydrogen) atoms.